The summed E-state index contributed by atoms with van der Waals surface area (Å²) in [5, 5.41) is 22.0. The number of rotatable bonds is 12. The van der Waals surface area contributed by atoms with Crippen molar-refractivity contribution in [3.05, 3.63) is 59.2 Å². The van der Waals surface area contributed by atoms with E-state index in [0.29, 0.717) is 0 Å². The van der Waals surface area contributed by atoms with Gasteiger partial charge in [0.2, 0.25) is 0 Å². The van der Waals surface area contributed by atoms with E-state index in [-0.39, 0.29) is 22.4 Å². The van der Waals surface area contributed by atoms with Crippen molar-refractivity contribution >= 4 is 17.4 Å². The van der Waals surface area contributed by atoms with Gasteiger partial charge in [-0.25, -0.2) is 4.79 Å². The Labute approximate surface area is 173 Å². The second-order valence-electron chi connectivity index (χ2n) is 7.26. The van der Waals surface area contributed by atoms with Gasteiger partial charge in [0.15, 0.2) is 5.78 Å². The summed E-state index contributed by atoms with van der Waals surface area (Å²) in [5.41, 5.74) is 0.768. The number of carbonyl (C=O) groups is 2. The Balaban J connectivity index is 2.27. The van der Waals surface area contributed by atoms with Gasteiger partial charge in [-0.2, -0.15) is 0 Å². The molecule has 29 heavy (non-hydrogen) atoms. The minimum absolute atomic E-state index is 0.00418. The number of anilines is 1. The average molecular weight is 397 g/mol. The second kappa shape index (κ2) is 11.2. The highest BCUT2D eigenvalue weighted by Gasteiger charge is 2.18. The SMILES string of the molecule is CCCCCN(CCCCC)c1ccc(C(=O)c2ccccc2C(=O)O)c([O-])c1. The standard InChI is InChI=1S/C24H31NO4/c1-3-5-9-15-25(16-10-6-4-2)18-13-14-21(22(26)17-18)23(27)19-11-7-8-12-20(19)24(28)29/h7-8,11-14,17,26H,3-6,9-10,15-16H2,1-2H3,(H,28,29)/p-1. The van der Waals surface area contributed by atoms with Crippen molar-refractivity contribution in [3.63, 3.8) is 0 Å². The Morgan fingerprint density at radius 1 is 0.862 bits per heavy atom. The smallest absolute Gasteiger partial charge is 0.336 e. The average Bonchev–Trinajstić information content (AvgIpc) is 2.72. The van der Waals surface area contributed by atoms with Crippen LogP contribution in [0.25, 0.3) is 0 Å². The van der Waals surface area contributed by atoms with Gasteiger partial charge < -0.3 is 15.1 Å². The van der Waals surface area contributed by atoms with E-state index in [9.17, 15) is 19.8 Å². The molecule has 156 valence electrons. The molecule has 0 aliphatic rings. The van der Waals surface area contributed by atoms with Gasteiger partial charge in [-0.1, -0.05) is 63.5 Å². The van der Waals surface area contributed by atoms with Crippen LogP contribution in [0.5, 0.6) is 5.75 Å². The lowest BCUT2D eigenvalue weighted by atomic mass is 9.97. The first-order valence-corrected chi connectivity index (χ1v) is 10.4. The van der Waals surface area contributed by atoms with E-state index < -0.39 is 11.8 Å². The maximum Gasteiger partial charge on any atom is 0.336 e. The van der Waals surface area contributed by atoms with Crippen molar-refractivity contribution in [2.75, 3.05) is 18.0 Å². The number of hydrogen-bond acceptors (Lipinski definition) is 4. The predicted octanol–water partition coefficient (Wildman–Crippen LogP) is 4.88. The van der Waals surface area contributed by atoms with Crippen LogP contribution in [0.2, 0.25) is 0 Å². The molecule has 0 saturated carbocycles. The fraction of sp³-hybridized carbons (Fsp3) is 0.417. The summed E-state index contributed by atoms with van der Waals surface area (Å²) in [4.78, 5) is 26.4. The van der Waals surface area contributed by atoms with Gasteiger partial charge in [-0.05, 0) is 37.1 Å². The van der Waals surface area contributed by atoms with Crippen molar-refractivity contribution < 1.29 is 19.8 Å². The van der Waals surface area contributed by atoms with E-state index in [1.54, 1.807) is 18.2 Å². The minimum atomic E-state index is -1.18. The van der Waals surface area contributed by atoms with E-state index in [1.807, 2.05) is 0 Å². The fourth-order valence-electron chi connectivity index (χ4n) is 3.38. The van der Waals surface area contributed by atoms with Crippen LogP contribution < -0.4 is 10.0 Å². The van der Waals surface area contributed by atoms with E-state index in [2.05, 4.69) is 18.7 Å². The zero-order chi connectivity index (χ0) is 21.2. The highest BCUT2D eigenvalue weighted by atomic mass is 16.4. The molecule has 1 N–H and O–H groups in total. The molecular formula is C24H30NO4-. The number of aromatic carboxylic acids is 1. The predicted molar refractivity (Wildman–Crippen MR) is 114 cm³/mol. The summed E-state index contributed by atoms with van der Waals surface area (Å²) in [6, 6.07) is 10.8. The largest absolute Gasteiger partial charge is 0.872 e. The van der Waals surface area contributed by atoms with Crippen LogP contribution in [0, 0.1) is 0 Å². The van der Waals surface area contributed by atoms with Gasteiger partial charge >= 0.3 is 5.97 Å². The first-order valence-electron chi connectivity index (χ1n) is 10.4. The van der Waals surface area contributed by atoms with Crippen molar-refractivity contribution in [1.29, 1.82) is 0 Å². The van der Waals surface area contributed by atoms with Crippen molar-refractivity contribution in [3.8, 4) is 5.75 Å². The molecule has 0 atom stereocenters. The molecule has 5 heteroatoms. The third-order valence-electron chi connectivity index (χ3n) is 5.04. The third kappa shape index (κ3) is 6.08. The van der Waals surface area contributed by atoms with Gasteiger partial charge in [-0.3, -0.25) is 4.79 Å². The summed E-state index contributed by atoms with van der Waals surface area (Å²) < 4.78 is 0. The van der Waals surface area contributed by atoms with Crippen LogP contribution in [-0.4, -0.2) is 29.9 Å². The summed E-state index contributed by atoms with van der Waals surface area (Å²) in [6.07, 6.45) is 6.65. The molecule has 0 aliphatic heterocycles. The van der Waals surface area contributed by atoms with Crippen LogP contribution in [0.1, 0.15) is 78.7 Å². The molecule has 0 aliphatic carbocycles. The molecule has 2 rings (SSSR count). The van der Waals surface area contributed by atoms with Gasteiger partial charge in [0.25, 0.3) is 0 Å². The van der Waals surface area contributed by atoms with Gasteiger partial charge in [-0.15, -0.1) is 0 Å². The Morgan fingerprint density at radius 2 is 1.45 bits per heavy atom. The Kier molecular flexibility index (Phi) is 8.71. The Bertz CT molecular complexity index is 821. The molecule has 0 spiro atoms. The number of benzene rings is 2. The molecular weight excluding hydrogens is 366 g/mol. The van der Waals surface area contributed by atoms with Crippen LogP contribution in [-0.2, 0) is 0 Å². The van der Waals surface area contributed by atoms with Crippen LogP contribution in [0.3, 0.4) is 0 Å². The molecule has 2 aromatic carbocycles. The molecule has 0 bridgehead atoms. The Hall–Kier alpha value is -2.82. The zero-order valence-electron chi connectivity index (χ0n) is 17.3. The van der Waals surface area contributed by atoms with Crippen molar-refractivity contribution in [1.82, 2.24) is 0 Å². The highest BCUT2D eigenvalue weighted by molar-refractivity contribution is 6.15. The number of carboxylic acid groups (broad SMARTS) is 1. The maximum absolute atomic E-state index is 12.8. The molecule has 0 saturated heterocycles. The number of carbonyl (C=O) groups excluding carboxylic acids is 1. The fourth-order valence-corrected chi connectivity index (χ4v) is 3.38. The first kappa shape index (κ1) is 22.5. The van der Waals surface area contributed by atoms with Gasteiger partial charge in [0.05, 0.1) is 5.56 Å². The topological polar surface area (TPSA) is 80.7 Å². The summed E-state index contributed by atoms with van der Waals surface area (Å²) >= 11 is 0. The van der Waals surface area contributed by atoms with Gasteiger partial charge in [0, 0.05) is 29.9 Å². The molecule has 2 aromatic rings. The lowest BCUT2D eigenvalue weighted by Gasteiger charge is -2.27. The maximum atomic E-state index is 12.8. The molecule has 0 radical (unpaired) electrons. The lowest BCUT2D eigenvalue weighted by molar-refractivity contribution is -0.268. The highest BCUT2D eigenvalue weighted by Crippen LogP contribution is 2.26. The summed E-state index contributed by atoms with van der Waals surface area (Å²) in [5.74, 6) is -2.11. The Morgan fingerprint density at radius 3 is 1.97 bits per heavy atom. The molecule has 5 nitrogen and oxygen atoms in total. The van der Waals surface area contributed by atoms with Crippen LogP contribution in [0.4, 0.5) is 5.69 Å². The number of unbranched alkanes of at least 4 members (excludes halogenated alkanes) is 4. The normalized spacial score (nSPS) is 10.7. The van der Waals surface area contributed by atoms with E-state index in [4.69, 9.17) is 0 Å². The first-order chi connectivity index (χ1) is 14.0. The minimum Gasteiger partial charge on any atom is -0.872 e. The zero-order valence-corrected chi connectivity index (χ0v) is 17.3. The number of carboxylic acids is 1. The quantitative estimate of drug-likeness (QED) is 0.409. The van der Waals surface area contributed by atoms with Crippen LogP contribution in [0.15, 0.2) is 42.5 Å². The molecule has 0 heterocycles. The number of ketones is 1. The number of hydrogen-bond donors (Lipinski definition) is 1. The van der Waals surface area contributed by atoms with E-state index in [0.717, 1.165) is 57.3 Å². The van der Waals surface area contributed by atoms with E-state index >= 15 is 0 Å². The third-order valence-corrected chi connectivity index (χ3v) is 5.04. The molecule has 0 aromatic heterocycles. The molecule has 0 amide bonds. The molecule has 0 fully saturated rings. The molecule has 0 unspecified atom stereocenters. The summed E-state index contributed by atoms with van der Waals surface area (Å²) in [6.45, 7) is 6.08. The summed E-state index contributed by atoms with van der Waals surface area (Å²) in [7, 11) is 0. The number of nitrogens with zero attached hydrogens (tertiary/aromatic N) is 1. The van der Waals surface area contributed by atoms with Crippen molar-refractivity contribution in [2.45, 2.75) is 52.4 Å². The monoisotopic (exact) mass is 396 g/mol. The van der Waals surface area contributed by atoms with Crippen LogP contribution >= 0.6 is 0 Å². The van der Waals surface area contributed by atoms with E-state index in [1.165, 1.54) is 24.3 Å². The van der Waals surface area contributed by atoms with Gasteiger partial charge in [0.1, 0.15) is 0 Å². The second-order valence-corrected chi connectivity index (χ2v) is 7.26. The van der Waals surface area contributed by atoms with Crippen molar-refractivity contribution in [2.24, 2.45) is 0 Å². The lowest BCUT2D eigenvalue weighted by Crippen LogP contribution is -2.26.